The second-order valence-corrected chi connectivity index (χ2v) is 5.11. The summed E-state index contributed by atoms with van der Waals surface area (Å²) in [5.74, 6) is 0.809. The van der Waals surface area contributed by atoms with E-state index in [1.54, 1.807) is 23.2 Å². The van der Waals surface area contributed by atoms with Gasteiger partial charge in [-0.3, -0.25) is 4.98 Å². The predicted molar refractivity (Wildman–Crippen MR) is 77.9 cm³/mol. The van der Waals surface area contributed by atoms with Gasteiger partial charge in [0.05, 0.1) is 17.2 Å². The lowest BCUT2D eigenvalue weighted by molar-refractivity contribution is 0.204. The highest BCUT2D eigenvalue weighted by molar-refractivity contribution is 6.31. The van der Waals surface area contributed by atoms with Crippen LogP contribution in [0, 0.1) is 0 Å². The fraction of sp³-hybridized carbons (Fsp3) is 0.308. The smallest absolute Gasteiger partial charge is 0.314 e. The van der Waals surface area contributed by atoms with Crippen molar-refractivity contribution in [3.63, 3.8) is 0 Å². The van der Waals surface area contributed by atoms with Crippen LogP contribution in [0.2, 0.25) is 5.02 Å². The largest absolute Gasteiger partial charge is 0.352 e. The highest BCUT2D eigenvalue weighted by Crippen LogP contribution is 2.20. The van der Waals surface area contributed by atoms with Gasteiger partial charge in [-0.25, -0.2) is 9.78 Å². The van der Waals surface area contributed by atoms with E-state index < -0.39 is 0 Å². The van der Waals surface area contributed by atoms with Crippen molar-refractivity contribution in [1.82, 2.24) is 14.9 Å². The molecule has 0 spiro atoms. The van der Waals surface area contributed by atoms with E-state index >= 15 is 0 Å². The maximum atomic E-state index is 11.1. The van der Waals surface area contributed by atoms with Gasteiger partial charge in [-0.15, -0.1) is 0 Å². The first-order valence-corrected chi connectivity index (χ1v) is 6.73. The molecule has 1 aromatic carbocycles. The Morgan fingerprint density at radius 1 is 1.20 bits per heavy atom. The molecular formula is C13H14ClN5O. The summed E-state index contributed by atoms with van der Waals surface area (Å²) in [6.07, 6.45) is 1.73. The minimum absolute atomic E-state index is 0.371. The number of fused-ring (bicyclic) bond motifs is 1. The number of benzene rings is 1. The van der Waals surface area contributed by atoms with Crippen molar-refractivity contribution in [2.75, 3.05) is 31.1 Å². The number of aromatic nitrogens is 2. The van der Waals surface area contributed by atoms with Crippen molar-refractivity contribution in [2.45, 2.75) is 0 Å². The van der Waals surface area contributed by atoms with Crippen LogP contribution in [-0.2, 0) is 0 Å². The van der Waals surface area contributed by atoms with Gasteiger partial charge < -0.3 is 15.5 Å². The van der Waals surface area contributed by atoms with Crippen LogP contribution in [0.15, 0.2) is 24.4 Å². The highest BCUT2D eigenvalue weighted by Gasteiger charge is 2.20. The molecule has 3 rings (SSSR count). The van der Waals surface area contributed by atoms with Gasteiger partial charge in [0.1, 0.15) is 5.82 Å². The van der Waals surface area contributed by atoms with E-state index in [-0.39, 0.29) is 6.03 Å². The van der Waals surface area contributed by atoms with Crippen LogP contribution in [0.1, 0.15) is 0 Å². The number of urea groups is 1. The third kappa shape index (κ3) is 2.46. The van der Waals surface area contributed by atoms with Crippen molar-refractivity contribution in [2.24, 2.45) is 5.73 Å². The summed E-state index contributed by atoms with van der Waals surface area (Å²) in [6, 6.07) is 5.07. The van der Waals surface area contributed by atoms with Crippen LogP contribution in [-0.4, -0.2) is 47.1 Å². The quantitative estimate of drug-likeness (QED) is 0.863. The molecule has 6 nitrogen and oxygen atoms in total. The number of nitrogens with two attached hydrogens (primary N) is 1. The standard InChI is InChI=1S/C13H14ClN5O/c14-9-1-2-10-11(7-9)16-8-12(17-10)18-3-5-19(6-4-18)13(15)20/h1-2,7-8H,3-6H2,(H2,15,20). The van der Waals surface area contributed by atoms with Gasteiger partial charge in [0, 0.05) is 31.2 Å². The van der Waals surface area contributed by atoms with E-state index in [0.717, 1.165) is 16.9 Å². The average molecular weight is 292 g/mol. The van der Waals surface area contributed by atoms with Crippen LogP contribution in [0.25, 0.3) is 11.0 Å². The summed E-state index contributed by atoms with van der Waals surface area (Å²) >= 11 is 5.93. The van der Waals surface area contributed by atoms with Crippen molar-refractivity contribution >= 4 is 34.5 Å². The number of hydrogen-bond acceptors (Lipinski definition) is 4. The molecule has 0 bridgehead atoms. The first-order valence-electron chi connectivity index (χ1n) is 6.35. The fourth-order valence-corrected chi connectivity index (χ4v) is 2.45. The molecule has 1 fully saturated rings. The van der Waals surface area contributed by atoms with Crippen molar-refractivity contribution < 1.29 is 4.79 Å². The molecule has 1 saturated heterocycles. The number of carbonyl (C=O) groups excluding carboxylic acids is 1. The Morgan fingerprint density at radius 3 is 2.65 bits per heavy atom. The van der Waals surface area contributed by atoms with Crippen LogP contribution in [0.4, 0.5) is 10.6 Å². The number of rotatable bonds is 1. The number of hydrogen-bond donors (Lipinski definition) is 1. The van der Waals surface area contributed by atoms with Crippen LogP contribution >= 0.6 is 11.6 Å². The number of primary amides is 1. The molecule has 2 amide bonds. The molecule has 2 N–H and O–H groups in total. The van der Waals surface area contributed by atoms with Gasteiger partial charge in [0.2, 0.25) is 0 Å². The first kappa shape index (κ1) is 12.9. The lowest BCUT2D eigenvalue weighted by Crippen LogP contribution is -2.50. The van der Waals surface area contributed by atoms with Crippen LogP contribution < -0.4 is 10.6 Å². The van der Waals surface area contributed by atoms with Crippen LogP contribution in [0.3, 0.4) is 0 Å². The van der Waals surface area contributed by atoms with E-state index in [0.29, 0.717) is 31.2 Å². The van der Waals surface area contributed by atoms with Gasteiger partial charge in [-0.2, -0.15) is 0 Å². The molecule has 0 unspecified atom stereocenters. The number of halogens is 1. The van der Waals surface area contributed by atoms with E-state index in [9.17, 15) is 4.79 Å². The normalized spacial score (nSPS) is 15.7. The molecule has 0 radical (unpaired) electrons. The average Bonchev–Trinajstić information content (AvgIpc) is 2.47. The summed E-state index contributed by atoms with van der Waals surface area (Å²) in [4.78, 5) is 23.8. The molecule has 20 heavy (non-hydrogen) atoms. The molecule has 0 atom stereocenters. The lowest BCUT2D eigenvalue weighted by Gasteiger charge is -2.34. The van der Waals surface area contributed by atoms with Crippen molar-refractivity contribution in [3.8, 4) is 0 Å². The number of carbonyl (C=O) groups is 1. The topological polar surface area (TPSA) is 75.4 Å². The fourth-order valence-electron chi connectivity index (χ4n) is 2.28. The molecular weight excluding hydrogens is 278 g/mol. The first-order chi connectivity index (χ1) is 9.63. The Labute approximate surface area is 121 Å². The molecule has 1 aromatic heterocycles. The summed E-state index contributed by atoms with van der Waals surface area (Å²) < 4.78 is 0. The Bertz CT molecular complexity index is 654. The Morgan fingerprint density at radius 2 is 1.95 bits per heavy atom. The summed E-state index contributed by atoms with van der Waals surface area (Å²) in [5.41, 5.74) is 6.85. The molecule has 1 aliphatic heterocycles. The molecule has 7 heteroatoms. The SMILES string of the molecule is NC(=O)N1CCN(c2cnc3cc(Cl)ccc3n2)CC1. The Kier molecular flexibility index (Phi) is 3.31. The monoisotopic (exact) mass is 291 g/mol. The zero-order valence-electron chi connectivity index (χ0n) is 10.8. The van der Waals surface area contributed by atoms with E-state index in [2.05, 4.69) is 14.9 Å². The van der Waals surface area contributed by atoms with Gasteiger partial charge >= 0.3 is 6.03 Å². The predicted octanol–water partition coefficient (Wildman–Crippen LogP) is 1.48. The van der Waals surface area contributed by atoms with E-state index in [1.807, 2.05) is 6.07 Å². The Hall–Kier alpha value is -2.08. The molecule has 1 aliphatic rings. The van der Waals surface area contributed by atoms with Crippen LogP contribution in [0.5, 0.6) is 0 Å². The zero-order chi connectivity index (χ0) is 14.1. The van der Waals surface area contributed by atoms with Crippen molar-refractivity contribution in [3.05, 3.63) is 29.4 Å². The van der Waals surface area contributed by atoms with Gasteiger partial charge in [0.25, 0.3) is 0 Å². The summed E-state index contributed by atoms with van der Waals surface area (Å²) in [5, 5.41) is 0.648. The van der Waals surface area contributed by atoms with Gasteiger partial charge in [0.15, 0.2) is 0 Å². The minimum Gasteiger partial charge on any atom is -0.352 e. The number of amides is 2. The summed E-state index contributed by atoms with van der Waals surface area (Å²) in [7, 11) is 0. The molecule has 0 aliphatic carbocycles. The third-order valence-corrected chi connectivity index (χ3v) is 3.64. The second kappa shape index (κ2) is 5.13. The maximum Gasteiger partial charge on any atom is 0.314 e. The number of nitrogens with zero attached hydrogens (tertiary/aromatic N) is 4. The molecule has 2 heterocycles. The molecule has 0 saturated carbocycles. The maximum absolute atomic E-state index is 11.1. The summed E-state index contributed by atoms with van der Waals surface area (Å²) in [6.45, 7) is 2.62. The lowest BCUT2D eigenvalue weighted by atomic mass is 10.3. The van der Waals surface area contributed by atoms with E-state index in [4.69, 9.17) is 17.3 Å². The van der Waals surface area contributed by atoms with Crippen molar-refractivity contribution in [1.29, 1.82) is 0 Å². The minimum atomic E-state index is -0.371. The van der Waals surface area contributed by atoms with Gasteiger partial charge in [-0.05, 0) is 18.2 Å². The molecule has 104 valence electrons. The second-order valence-electron chi connectivity index (χ2n) is 4.67. The van der Waals surface area contributed by atoms with Gasteiger partial charge in [-0.1, -0.05) is 11.6 Å². The zero-order valence-corrected chi connectivity index (χ0v) is 11.5. The number of anilines is 1. The number of piperazine rings is 1. The molecule has 2 aromatic rings. The Balaban J connectivity index is 1.81. The van der Waals surface area contributed by atoms with E-state index in [1.165, 1.54) is 0 Å². The highest BCUT2D eigenvalue weighted by atomic mass is 35.5. The third-order valence-electron chi connectivity index (χ3n) is 3.41.